The van der Waals surface area contributed by atoms with Crippen molar-refractivity contribution in [3.63, 3.8) is 0 Å². The van der Waals surface area contributed by atoms with E-state index in [1.807, 2.05) is 13.0 Å². The number of rotatable bonds is 5. The predicted molar refractivity (Wildman–Crippen MR) is 95.1 cm³/mol. The average Bonchev–Trinajstić information content (AvgIpc) is 2.91. The first-order chi connectivity index (χ1) is 9.42. The second kappa shape index (κ2) is 7.49. The van der Waals surface area contributed by atoms with Gasteiger partial charge in [-0.2, -0.15) is 0 Å². The second-order valence-corrected chi connectivity index (χ2v) is 5.96. The number of halogens is 1. The summed E-state index contributed by atoms with van der Waals surface area (Å²) in [6.45, 7) is 7.13. The van der Waals surface area contributed by atoms with Crippen LogP contribution in [-0.4, -0.2) is 31.2 Å². The molecule has 0 saturated heterocycles. The summed E-state index contributed by atoms with van der Waals surface area (Å²) >= 11 is 0. The highest BCUT2D eigenvalue weighted by molar-refractivity contribution is 14.0. The molecule has 1 aliphatic carbocycles. The van der Waals surface area contributed by atoms with Gasteiger partial charge in [0.25, 0.3) is 0 Å². The van der Waals surface area contributed by atoms with Crippen LogP contribution in [0.2, 0.25) is 0 Å². The Balaban J connectivity index is 0.00000220. The highest BCUT2D eigenvalue weighted by Crippen LogP contribution is 2.36. The zero-order chi connectivity index (χ0) is 14.8. The first-order valence-electron chi connectivity index (χ1n) is 7.16. The van der Waals surface area contributed by atoms with E-state index in [4.69, 9.17) is 4.42 Å². The van der Waals surface area contributed by atoms with E-state index in [1.54, 1.807) is 20.0 Å². The number of aliphatic imine (C=N–C) groups is 1. The van der Waals surface area contributed by atoms with E-state index in [9.17, 15) is 5.11 Å². The van der Waals surface area contributed by atoms with E-state index in [0.717, 1.165) is 24.1 Å². The van der Waals surface area contributed by atoms with Gasteiger partial charge in [-0.1, -0.05) is 6.92 Å². The Morgan fingerprint density at radius 2 is 2.14 bits per heavy atom. The largest absolute Gasteiger partial charge is 0.463 e. The third-order valence-corrected chi connectivity index (χ3v) is 3.90. The van der Waals surface area contributed by atoms with Crippen molar-refractivity contribution < 1.29 is 9.52 Å². The fraction of sp³-hybridized carbons (Fsp3) is 0.667. The summed E-state index contributed by atoms with van der Waals surface area (Å²) in [6.07, 6.45) is 1.29. The van der Waals surface area contributed by atoms with Gasteiger partial charge in [-0.25, -0.2) is 0 Å². The molecule has 0 radical (unpaired) electrons. The third kappa shape index (κ3) is 5.18. The van der Waals surface area contributed by atoms with Crippen LogP contribution in [0.3, 0.4) is 0 Å². The molecule has 3 N–H and O–H groups in total. The van der Waals surface area contributed by atoms with E-state index < -0.39 is 5.60 Å². The zero-order valence-corrected chi connectivity index (χ0v) is 15.5. The Labute approximate surface area is 143 Å². The van der Waals surface area contributed by atoms with E-state index >= 15 is 0 Å². The predicted octanol–water partition coefficient (Wildman–Crippen LogP) is 2.23. The molecule has 6 heteroatoms. The van der Waals surface area contributed by atoms with Gasteiger partial charge in [0.1, 0.15) is 17.1 Å². The minimum Gasteiger partial charge on any atom is -0.463 e. The van der Waals surface area contributed by atoms with Crippen LogP contribution < -0.4 is 10.6 Å². The molecule has 3 atom stereocenters. The van der Waals surface area contributed by atoms with Gasteiger partial charge in [-0.15, -0.1) is 24.0 Å². The molecule has 1 heterocycles. The normalized spacial score (nSPS) is 24.0. The van der Waals surface area contributed by atoms with Crippen LogP contribution in [0.15, 0.2) is 21.5 Å². The monoisotopic (exact) mass is 407 g/mol. The molecule has 3 unspecified atom stereocenters. The summed E-state index contributed by atoms with van der Waals surface area (Å²) in [5.74, 6) is 3.64. The molecule has 5 nitrogen and oxygen atoms in total. The van der Waals surface area contributed by atoms with Crippen LogP contribution in [0.5, 0.6) is 0 Å². The van der Waals surface area contributed by atoms with E-state index in [2.05, 4.69) is 22.5 Å². The average molecular weight is 407 g/mol. The maximum Gasteiger partial charge on any atom is 0.191 e. The second-order valence-electron chi connectivity index (χ2n) is 5.96. The molecule has 0 bridgehead atoms. The van der Waals surface area contributed by atoms with Crippen molar-refractivity contribution in [2.45, 2.75) is 32.8 Å². The maximum absolute atomic E-state index is 10.4. The van der Waals surface area contributed by atoms with Crippen LogP contribution in [0.4, 0.5) is 0 Å². The van der Waals surface area contributed by atoms with Gasteiger partial charge in [0.15, 0.2) is 5.96 Å². The van der Waals surface area contributed by atoms with Gasteiger partial charge in [0.05, 0.1) is 6.54 Å². The Bertz CT molecular complexity index is 485. The van der Waals surface area contributed by atoms with Crippen molar-refractivity contribution in [2.24, 2.45) is 16.8 Å². The van der Waals surface area contributed by atoms with Crippen LogP contribution in [0, 0.1) is 18.8 Å². The molecule has 2 rings (SSSR count). The molecule has 1 saturated carbocycles. The van der Waals surface area contributed by atoms with Gasteiger partial charge < -0.3 is 20.2 Å². The molecule has 120 valence electrons. The van der Waals surface area contributed by atoms with E-state index in [-0.39, 0.29) is 24.0 Å². The van der Waals surface area contributed by atoms with E-state index in [1.165, 1.54) is 6.42 Å². The van der Waals surface area contributed by atoms with Gasteiger partial charge in [0, 0.05) is 13.6 Å². The van der Waals surface area contributed by atoms with Crippen molar-refractivity contribution >= 4 is 29.9 Å². The minimum atomic E-state index is -1.06. The topological polar surface area (TPSA) is 69.8 Å². The number of nitrogens with zero attached hydrogens (tertiary/aromatic N) is 1. The van der Waals surface area contributed by atoms with Gasteiger partial charge in [-0.3, -0.25) is 4.99 Å². The standard InChI is InChI=1S/C15H25N3O2.HI/c1-10-7-12(10)8-17-14(16-4)18-9-15(3,19)13-6-5-11(2)20-13;/h5-6,10,12,19H,7-9H2,1-4H3,(H2,16,17,18);1H. The molecular weight excluding hydrogens is 381 g/mol. The van der Waals surface area contributed by atoms with Gasteiger partial charge >= 0.3 is 0 Å². The van der Waals surface area contributed by atoms with E-state index in [0.29, 0.717) is 18.3 Å². The van der Waals surface area contributed by atoms with Crippen molar-refractivity contribution in [3.8, 4) is 0 Å². The highest BCUT2D eigenvalue weighted by atomic mass is 127. The fourth-order valence-corrected chi connectivity index (χ4v) is 2.20. The smallest absolute Gasteiger partial charge is 0.191 e. The number of aliphatic hydroxyl groups is 1. The zero-order valence-electron chi connectivity index (χ0n) is 13.1. The maximum atomic E-state index is 10.4. The number of aryl methyl sites for hydroxylation is 1. The van der Waals surface area contributed by atoms with Gasteiger partial charge in [0.2, 0.25) is 0 Å². The highest BCUT2D eigenvalue weighted by Gasteiger charge is 2.32. The Morgan fingerprint density at radius 3 is 2.62 bits per heavy atom. The molecule has 0 aliphatic heterocycles. The lowest BCUT2D eigenvalue weighted by atomic mass is 10.0. The summed E-state index contributed by atoms with van der Waals surface area (Å²) in [6, 6.07) is 3.66. The van der Waals surface area contributed by atoms with Crippen molar-refractivity contribution in [2.75, 3.05) is 20.1 Å². The molecule has 21 heavy (non-hydrogen) atoms. The quantitative estimate of drug-likeness (QED) is 0.398. The lowest BCUT2D eigenvalue weighted by Crippen LogP contribution is -2.45. The summed E-state index contributed by atoms with van der Waals surface area (Å²) in [5.41, 5.74) is -1.06. The number of nitrogens with one attached hydrogen (secondary N) is 2. The fourth-order valence-electron chi connectivity index (χ4n) is 2.20. The molecule has 0 aromatic carbocycles. The first kappa shape index (κ1) is 18.3. The lowest BCUT2D eigenvalue weighted by molar-refractivity contribution is 0.0378. The van der Waals surface area contributed by atoms with Crippen LogP contribution in [0.1, 0.15) is 31.8 Å². The summed E-state index contributed by atoms with van der Waals surface area (Å²) in [4.78, 5) is 4.17. The molecular formula is C15H26IN3O2. The Morgan fingerprint density at radius 1 is 1.48 bits per heavy atom. The van der Waals surface area contributed by atoms with Crippen LogP contribution >= 0.6 is 24.0 Å². The number of hydrogen-bond acceptors (Lipinski definition) is 3. The SMILES string of the molecule is CN=C(NCC1CC1C)NCC(C)(O)c1ccc(C)o1.I. The van der Waals surface area contributed by atoms with Crippen molar-refractivity contribution in [1.82, 2.24) is 10.6 Å². The minimum absolute atomic E-state index is 0. The summed E-state index contributed by atoms with van der Waals surface area (Å²) in [5, 5.41) is 16.9. The number of hydrogen-bond donors (Lipinski definition) is 3. The molecule has 1 aliphatic rings. The molecule has 0 amide bonds. The first-order valence-corrected chi connectivity index (χ1v) is 7.16. The summed E-state index contributed by atoms with van der Waals surface area (Å²) < 4.78 is 5.49. The molecule has 0 spiro atoms. The number of guanidine groups is 1. The molecule has 1 aromatic heterocycles. The van der Waals surface area contributed by atoms with Crippen LogP contribution in [0.25, 0.3) is 0 Å². The van der Waals surface area contributed by atoms with Crippen LogP contribution in [-0.2, 0) is 5.60 Å². The number of furan rings is 1. The molecule has 1 fully saturated rings. The summed E-state index contributed by atoms with van der Waals surface area (Å²) in [7, 11) is 1.73. The lowest BCUT2D eigenvalue weighted by Gasteiger charge is -2.22. The van der Waals surface area contributed by atoms with Crippen molar-refractivity contribution in [3.05, 3.63) is 23.7 Å². The third-order valence-electron chi connectivity index (χ3n) is 3.90. The van der Waals surface area contributed by atoms with Gasteiger partial charge in [-0.05, 0) is 44.2 Å². The van der Waals surface area contributed by atoms with Crippen molar-refractivity contribution in [1.29, 1.82) is 0 Å². The Kier molecular flexibility index (Phi) is 6.52. The molecule has 1 aromatic rings. The Hall–Kier alpha value is -0.760.